The lowest BCUT2D eigenvalue weighted by Gasteiger charge is -2.19. The maximum Gasteiger partial charge on any atom is 0.251 e. The van der Waals surface area contributed by atoms with E-state index < -0.39 is 0 Å². The van der Waals surface area contributed by atoms with Gasteiger partial charge in [0.05, 0.1) is 13.7 Å². The highest BCUT2D eigenvalue weighted by atomic mass is 16.5. The van der Waals surface area contributed by atoms with E-state index in [0.29, 0.717) is 36.1 Å². The number of nitrogens with zero attached hydrogens (tertiary/aromatic N) is 1. The van der Waals surface area contributed by atoms with E-state index in [2.05, 4.69) is 20.9 Å². The van der Waals surface area contributed by atoms with Crippen molar-refractivity contribution in [3.63, 3.8) is 0 Å². The Bertz CT molecular complexity index is 869. The van der Waals surface area contributed by atoms with Gasteiger partial charge in [-0.25, -0.2) is 0 Å². The maximum atomic E-state index is 12.3. The number of benzene rings is 2. The van der Waals surface area contributed by atoms with Crippen LogP contribution in [0.5, 0.6) is 11.5 Å². The van der Waals surface area contributed by atoms with Crippen molar-refractivity contribution in [3.05, 3.63) is 59.7 Å². The van der Waals surface area contributed by atoms with E-state index in [-0.39, 0.29) is 18.1 Å². The number of carbonyl (C=O) groups excluding carboxylic acids is 1. The molecule has 0 fully saturated rings. The first-order valence-corrected chi connectivity index (χ1v) is 10.6. The number of carbonyl (C=O) groups is 1. The molecule has 31 heavy (non-hydrogen) atoms. The van der Waals surface area contributed by atoms with Crippen molar-refractivity contribution in [2.75, 3.05) is 20.7 Å². The molecule has 0 aliphatic rings. The molecule has 0 aromatic heterocycles. The van der Waals surface area contributed by atoms with Crippen LogP contribution in [0.2, 0.25) is 0 Å². The summed E-state index contributed by atoms with van der Waals surface area (Å²) in [4.78, 5) is 16.6. The summed E-state index contributed by atoms with van der Waals surface area (Å²) >= 11 is 0. The van der Waals surface area contributed by atoms with Gasteiger partial charge in [-0.2, -0.15) is 0 Å². The lowest BCUT2D eigenvalue weighted by atomic mass is 10.1. The zero-order valence-corrected chi connectivity index (χ0v) is 19.1. The molecule has 0 heterocycles. The van der Waals surface area contributed by atoms with Gasteiger partial charge in [0, 0.05) is 25.2 Å². The number of hydrogen-bond donors (Lipinski definition) is 3. The average Bonchev–Trinajstić information content (AvgIpc) is 2.79. The highest BCUT2D eigenvalue weighted by Crippen LogP contribution is 2.26. The zero-order valence-electron chi connectivity index (χ0n) is 19.1. The summed E-state index contributed by atoms with van der Waals surface area (Å²) in [7, 11) is 3.34. The van der Waals surface area contributed by atoms with Crippen molar-refractivity contribution in [2.45, 2.75) is 45.9 Å². The molecule has 0 saturated heterocycles. The number of guanidine groups is 1. The molecule has 3 N–H and O–H groups in total. The monoisotopic (exact) mass is 426 g/mol. The third kappa shape index (κ3) is 7.85. The van der Waals surface area contributed by atoms with Crippen LogP contribution in [-0.2, 0) is 6.54 Å². The van der Waals surface area contributed by atoms with E-state index in [1.54, 1.807) is 14.2 Å². The Hall–Kier alpha value is -3.22. The molecule has 2 atom stereocenters. The van der Waals surface area contributed by atoms with E-state index in [0.717, 1.165) is 12.0 Å². The summed E-state index contributed by atoms with van der Waals surface area (Å²) in [6.07, 6.45) is 0.802. The largest absolute Gasteiger partial charge is 0.493 e. The van der Waals surface area contributed by atoms with Crippen LogP contribution in [0.4, 0.5) is 0 Å². The molecule has 1 amide bonds. The fourth-order valence-corrected chi connectivity index (χ4v) is 2.85. The van der Waals surface area contributed by atoms with Crippen molar-refractivity contribution >= 4 is 11.9 Å². The van der Waals surface area contributed by atoms with Gasteiger partial charge in [-0.15, -0.1) is 0 Å². The lowest BCUT2D eigenvalue weighted by molar-refractivity contribution is 0.0939. The van der Waals surface area contributed by atoms with Crippen molar-refractivity contribution in [1.82, 2.24) is 16.0 Å². The molecule has 0 aliphatic carbocycles. The van der Waals surface area contributed by atoms with Crippen LogP contribution in [-0.4, -0.2) is 44.7 Å². The molecule has 2 aromatic rings. The van der Waals surface area contributed by atoms with E-state index in [1.165, 1.54) is 0 Å². The smallest absolute Gasteiger partial charge is 0.251 e. The van der Waals surface area contributed by atoms with Gasteiger partial charge in [0.1, 0.15) is 6.10 Å². The summed E-state index contributed by atoms with van der Waals surface area (Å²) in [5.41, 5.74) is 1.65. The number of hydrogen-bond acceptors (Lipinski definition) is 4. The summed E-state index contributed by atoms with van der Waals surface area (Å²) in [5, 5.41) is 9.53. The molecule has 0 spiro atoms. The SMILES string of the molecule is CCC(C)NC(=O)c1cccc(CNC(=NC)NCC(C)Oc2ccccc2OC)c1. The number of aliphatic imine (C=N–C) groups is 1. The fourth-order valence-electron chi connectivity index (χ4n) is 2.85. The first-order chi connectivity index (χ1) is 15.0. The Morgan fingerprint density at radius 1 is 1.06 bits per heavy atom. The van der Waals surface area contributed by atoms with Gasteiger partial charge < -0.3 is 25.4 Å². The third-order valence-electron chi connectivity index (χ3n) is 4.82. The van der Waals surface area contributed by atoms with Crippen LogP contribution in [0.1, 0.15) is 43.1 Å². The van der Waals surface area contributed by atoms with Gasteiger partial charge in [-0.05, 0) is 50.1 Å². The Labute approximate surface area is 185 Å². The number of rotatable bonds is 10. The molecule has 2 unspecified atom stereocenters. The Balaban J connectivity index is 1.85. The van der Waals surface area contributed by atoms with Crippen molar-refractivity contribution in [2.24, 2.45) is 4.99 Å². The Morgan fingerprint density at radius 3 is 2.48 bits per heavy atom. The zero-order chi connectivity index (χ0) is 22.6. The number of methoxy groups -OCH3 is 1. The molecule has 0 radical (unpaired) electrons. The van der Waals surface area contributed by atoms with Gasteiger partial charge in [-0.3, -0.25) is 9.79 Å². The molecule has 0 bridgehead atoms. The Kier molecular flexibility index (Phi) is 9.68. The second-order valence-electron chi connectivity index (χ2n) is 7.37. The maximum absolute atomic E-state index is 12.3. The first kappa shape index (κ1) is 24.1. The van der Waals surface area contributed by atoms with Crippen LogP contribution >= 0.6 is 0 Å². The number of ether oxygens (including phenoxy) is 2. The van der Waals surface area contributed by atoms with Crippen molar-refractivity contribution in [1.29, 1.82) is 0 Å². The highest BCUT2D eigenvalue weighted by molar-refractivity contribution is 5.94. The summed E-state index contributed by atoms with van der Waals surface area (Å²) in [6.45, 7) is 7.14. The summed E-state index contributed by atoms with van der Waals surface area (Å²) < 4.78 is 11.3. The highest BCUT2D eigenvalue weighted by Gasteiger charge is 2.11. The first-order valence-electron chi connectivity index (χ1n) is 10.6. The van der Waals surface area contributed by atoms with Crippen LogP contribution in [0.25, 0.3) is 0 Å². The van der Waals surface area contributed by atoms with Gasteiger partial charge in [-0.1, -0.05) is 31.2 Å². The predicted octanol–water partition coefficient (Wildman–Crippen LogP) is 3.36. The minimum atomic E-state index is -0.0950. The molecular weight excluding hydrogens is 392 g/mol. The van der Waals surface area contributed by atoms with Gasteiger partial charge in [0.2, 0.25) is 0 Å². The van der Waals surface area contributed by atoms with Gasteiger partial charge in [0.25, 0.3) is 5.91 Å². The standard InChI is InChI=1S/C24H34N4O3/c1-6-17(2)28-23(29)20-11-9-10-19(14-20)16-27-24(25-4)26-15-18(3)31-22-13-8-7-12-21(22)30-5/h7-14,17-18H,6,15-16H2,1-5H3,(H,28,29)(H2,25,26,27). The minimum Gasteiger partial charge on any atom is -0.493 e. The van der Waals surface area contributed by atoms with E-state index >= 15 is 0 Å². The summed E-state index contributed by atoms with van der Waals surface area (Å²) in [6, 6.07) is 15.3. The van der Waals surface area contributed by atoms with E-state index in [9.17, 15) is 4.79 Å². The quantitative estimate of drug-likeness (QED) is 0.401. The predicted molar refractivity (Wildman–Crippen MR) is 125 cm³/mol. The van der Waals surface area contributed by atoms with Crippen molar-refractivity contribution in [3.8, 4) is 11.5 Å². The van der Waals surface area contributed by atoms with E-state index in [4.69, 9.17) is 9.47 Å². The molecule has 168 valence electrons. The van der Waals surface area contributed by atoms with Crippen LogP contribution in [0.3, 0.4) is 0 Å². The van der Waals surface area contributed by atoms with Crippen LogP contribution in [0.15, 0.2) is 53.5 Å². The van der Waals surface area contributed by atoms with Crippen molar-refractivity contribution < 1.29 is 14.3 Å². The fraction of sp³-hybridized carbons (Fsp3) is 0.417. The molecule has 0 saturated carbocycles. The topological polar surface area (TPSA) is 84.0 Å². The number of amides is 1. The molecule has 7 heteroatoms. The summed E-state index contributed by atoms with van der Waals surface area (Å²) in [5.74, 6) is 2.01. The van der Waals surface area contributed by atoms with Gasteiger partial charge >= 0.3 is 0 Å². The average molecular weight is 427 g/mol. The molecular formula is C24H34N4O3. The molecule has 2 aromatic carbocycles. The number of nitrogens with one attached hydrogen (secondary N) is 3. The number of para-hydroxylation sites is 2. The minimum absolute atomic E-state index is 0.0546. The van der Waals surface area contributed by atoms with Gasteiger partial charge in [0.15, 0.2) is 17.5 Å². The molecule has 2 rings (SSSR count). The molecule has 7 nitrogen and oxygen atoms in total. The third-order valence-corrected chi connectivity index (χ3v) is 4.82. The molecule has 0 aliphatic heterocycles. The second kappa shape index (κ2) is 12.5. The van der Waals surface area contributed by atoms with Crippen LogP contribution in [0, 0.1) is 0 Å². The Morgan fingerprint density at radius 2 is 1.81 bits per heavy atom. The normalized spacial score (nSPS) is 13.1. The van der Waals surface area contributed by atoms with Crippen LogP contribution < -0.4 is 25.4 Å². The second-order valence-corrected chi connectivity index (χ2v) is 7.37. The lowest BCUT2D eigenvalue weighted by Crippen LogP contribution is -2.41. The van der Waals surface area contributed by atoms with E-state index in [1.807, 2.05) is 69.3 Å².